The highest BCUT2D eigenvalue weighted by Gasteiger charge is 2.28. The Kier molecular flexibility index (Phi) is 6.10. The van der Waals surface area contributed by atoms with E-state index in [1.54, 1.807) is 11.6 Å². The Balaban J connectivity index is 1.39. The number of aromatic nitrogens is 5. The second kappa shape index (κ2) is 9.09. The van der Waals surface area contributed by atoms with E-state index in [1.165, 1.54) is 18.1 Å². The number of likely N-dealkylation sites (tertiary alicyclic amines) is 1. The molecule has 4 aromatic rings. The molecule has 0 saturated carbocycles. The number of hydrogen-bond donors (Lipinski definition) is 1. The molecular weight excluding hydrogens is 464 g/mol. The fourth-order valence-electron chi connectivity index (χ4n) is 4.71. The van der Waals surface area contributed by atoms with E-state index in [4.69, 9.17) is 9.84 Å². The molecule has 0 bridgehead atoms. The quantitative estimate of drug-likeness (QED) is 0.400. The van der Waals surface area contributed by atoms with Crippen LogP contribution in [0.1, 0.15) is 36.8 Å². The molecule has 0 spiro atoms. The lowest BCUT2D eigenvalue weighted by Gasteiger charge is -2.39. The number of hydrogen-bond acceptors (Lipinski definition) is 7. The van der Waals surface area contributed by atoms with Gasteiger partial charge in [-0.05, 0) is 17.5 Å². The molecule has 0 atom stereocenters. The lowest BCUT2D eigenvalue weighted by atomic mass is 9.89. The summed E-state index contributed by atoms with van der Waals surface area (Å²) < 4.78 is 30.0. The molecule has 0 amide bonds. The lowest BCUT2D eigenvalue weighted by Crippen LogP contribution is -2.46. The molecule has 1 saturated heterocycles. The van der Waals surface area contributed by atoms with E-state index in [1.807, 2.05) is 12.3 Å². The number of fused-ring (bicyclic) bond motifs is 1. The SMILES string of the molecule is COc1cc(-c2[nH]nc(-c3ccc(C4CN(CCS(C)(=O)=O)C4)cc3)c2C(C)C)cn2ncnc12. The van der Waals surface area contributed by atoms with Gasteiger partial charge in [0.15, 0.2) is 11.4 Å². The minimum Gasteiger partial charge on any atom is -0.493 e. The molecule has 0 unspecified atom stereocenters. The third-order valence-corrected chi connectivity index (χ3v) is 7.55. The Bertz CT molecular complexity index is 1450. The van der Waals surface area contributed by atoms with Crippen molar-refractivity contribution >= 4 is 15.5 Å². The van der Waals surface area contributed by atoms with Crippen LogP contribution in [0.5, 0.6) is 5.75 Å². The van der Waals surface area contributed by atoms with Crippen LogP contribution in [-0.4, -0.2) is 76.9 Å². The van der Waals surface area contributed by atoms with Gasteiger partial charge in [0.05, 0.1) is 24.3 Å². The van der Waals surface area contributed by atoms with Gasteiger partial charge in [-0.3, -0.25) is 5.10 Å². The van der Waals surface area contributed by atoms with Crippen molar-refractivity contribution in [2.75, 3.05) is 38.8 Å². The first-order chi connectivity index (χ1) is 16.7. The second-order valence-electron chi connectivity index (χ2n) is 9.55. The standard InChI is InChI=1S/C25H30N6O3S/c1-16(2)22-23(28-29-24(22)19-11-21(34-3)25-26-15-27-31(25)14-19)18-7-5-17(6-8-18)20-12-30(13-20)9-10-35(4,32)33/h5-8,11,14-16,20H,9-10,12-13H2,1-4H3,(H,28,29). The van der Waals surface area contributed by atoms with E-state index < -0.39 is 9.84 Å². The van der Waals surface area contributed by atoms with Crippen LogP contribution in [0.2, 0.25) is 0 Å². The van der Waals surface area contributed by atoms with Crippen LogP contribution >= 0.6 is 0 Å². The number of aromatic amines is 1. The van der Waals surface area contributed by atoms with Crippen LogP contribution in [0.4, 0.5) is 0 Å². The molecule has 1 N–H and O–H groups in total. The summed E-state index contributed by atoms with van der Waals surface area (Å²) in [5.41, 5.74) is 6.94. The monoisotopic (exact) mass is 494 g/mol. The number of ether oxygens (including phenoxy) is 1. The summed E-state index contributed by atoms with van der Waals surface area (Å²) in [5, 5.41) is 12.2. The summed E-state index contributed by atoms with van der Waals surface area (Å²) in [4.78, 5) is 6.46. The molecule has 9 nitrogen and oxygen atoms in total. The van der Waals surface area contributed by atoms with Gasteiger partial charge >= 0.3 is 0 Å². The molecule has 184 valence electrons. The zero-order valence-electron chi connectivity index (χ0n) is 20.4. The third kappa shape index (κ3) is 4.68. The number of H-pyrrole nitrogens is 1. The molecule has 4 heterocycles. The Labute approximate surface area is 205 Å². The Morgan fingerprint density at radius 1 is 1.17 bits per heavy atom. The van der Waals surface area contributed by atoms with Crippen molar-refractivity contribution < 1.29 is 13.2 Å². The lowest BCUT2D eigenvalue weighted by molar-refractivity contribution is 0.158. The van der Waals surface area contributed by atoms with E-state index in [9.17, 15) is 8.42 Å². The fourth-order valence-corrected chi connectivity index (χ4v) is 5.30. The van der Waals surface area contributed by atoms with E-state index in [0.717, 1.165) is 41.2 Å². The smallest absolute Gasteiger partial charge is 0.197 e. The molecule has 0 aliphatic carbocycles. The van der Waals surface area contributed by atoms with Gasteiger partial charge in [0.2, 0.25) is 0 Å². The summed E-state index contributed by atoms with van der Waals surface area (Å²) >= 11 is 0. The zero-order chi connectivity index (χ0) is 24.7. The van der Waals surface area contributed by atoms with Gasteiger partial charge in [-0.1, -0.05) is 38.1 Å². The molecule has 1 aliphatic heterocycles. The molecule has 10 heteroatoms. The van der Waals surface area contributed by atoms with E-state index in [-0.39, 0.29) is 11.7 Å². The van der Waals surface area contributed by atoms with Crippen LogP contribution in [-0.2, 0) is 9.84 Å². The number of nitrogens with one attached hydrogen (secondary N) is 1. The Morgan fingerprint density at radius 2 is 1.91 bits per heavy atom. The fraction of sp³-hybridized carbons (Fsp3) is 0.400. The van der Waals surface area contributed by atoms with E-state index >= 15 is 0 Å². The third-order valence-electron chi connectivity index (χ3n) is 6.62. The maximum atomic E-state index is 11.4. The summed E-state index contributed by atoms with van der Waals surface area (Å²) in [6.07, 6.45) is 4.74. The molecular formula is C25H30N6O3S. The van der Waals surface area contributed by atoms with Gasteiger partial charge in [0.1, 0.15) is 16.2 Å². The summed E-state index contributed by atoms with van der Waals surface area (Å²) in [6, 6.07) is 10.5. The number of benzene rings is 1. The van der Waals surface area contributed by atoms with Gasteiger partial charge in [-0.2, -0.15) is 10.2 Å². The van der Waals surface area contributed by atoms with Crippen molar-refractivity contribution in [1.82, 2.24) is 29.7 Å². The van der Waals surface area contributed by atoms with Gasteiger partial charge in [0.25, 0.3) is 0 Å². The van der Waals surface area contributed by atoms with Crippen molar-refractivity contribution in [1.29, 1.82) is 0 Å². The average Bonchev–Trinajstić information content (AvgIpc) is 3.44. The molecule has 1 aromatic carbocycles. The second-order valence-corrected chi connectivity index (χ2v) is 11.8. The van der Waals surface area contributed by atoms with Crippen LogP contribution in [0.15, 0.2) is 42.9 Å². The van der Waals surface area contributed by atoms with Crippen LogP contribution in [0.3, 0.4) is 0 Å². The zero-order valence-corrected chi connectivity index (χ0v) is 21.2. The highest BCUT2D eigenvalue weighted by molar-refractivity contribution is 7.90. The first-order valence-corrected chi connectivity index (χ1v) is 13.8. The number of rotatable bonds is 8. The Morgan fingerprint density at radius 3 is 2.57 bits per heavy atom. The number of methoxy groups -OCH3 is 1. The predicted octanol–water partition coefficient (Wildman–Crippen LogP) is 3.36. The van der Waals surface area contributed by atoms with Gasteiger partial charge < -0.3 is 9.64 Å². The maximum absolute atomic E-state index is 11.4. The van der Waals surface area contributed by atoms with Crippen molar-refractivity contribution in [3.05, 3.63) is 54.0 Å². The highest BCUT2D eigenvalue weighted by atomic mass is 32.2. The topological polar surface area (TPSA) is 105 Å². The number of nitrogens with zero attached hydrogens (tertiary/aromatic N) is 5. The predicted molar refractivity (Wildman–Crippen MR) is 136 cm³/mol. The van der Waals surface area contributed by atoms with Crippen LogP contribution in [0.25, 0.3) is 28.2 Å². The van der Waals surface area contributed by atoms with Crippen molar-refractivity contribution in [2.45, 2.75) is 25.7 Å². The normalized spacial score (nSPS) is 15.1. The maximum Gasteiger partial charge on any atom is 0.197 e. The molecule has 35 heavy (non-hydrogen) atoms. The van der Waals surface area contributed by atoms with Crippen molar-refractivity contribution in [3.63, 3.8) is 0 Å². The summed E-state index contributed by atoms with van der Waals surface area (Å²) in [6.45, 7) is 6.72. The van der Waals surface area contributed by atoms with Gasteiger partial charge in [0, 0.05) is 54.7 Å². The minimum absolute atomic E-state index is 0.216. The first-order valence-electron chi connectivity index (χ1n) is 11.7. The van der Waals surface area contributed by atoms with Crippen LogP contribution < -0.4 is 4.74 Å². The van der Waals surface area contributed by atoms with Gasteiger partial charge in [-0.15, -0.1) is 0 Å². The van der Waals surface area contributed by atoms with E-state index in [2.05, 4.69) is 58.2 Å². The minimum atomic E-state index is -2.92. The van der Waals surface area contributed by atoms with Crippen molar-refractivity contribution in [3.8, 4) is 28.3 Å². The van der Waals surface area contributed by atoms with E-state index in [0.29, 0.717) is 23.9 Å². The average molecular weight is 495 g/mol. The highest BCUT2D eigenvalue weighted by Crippen LogP contribution is 2.37. The molecule has 5 rings (SSSR count). The van der Waals surface area contributed by atoms with Gasteiger partial charge in [-0.25, -0.2) is 17.9 Å². The largest absolute Gasteiger partial charge is 0.493 e. The number of sulfone groups is 1. The molecule has 3 aromatic heterocycles. The molecule has 1 fully saturated rings. The van der Waals surface area contributed by atoms with Crippen molar-refractivity contribution in [2.24, 2.45) is 0 Å². The van der Waals surface area contributed by atoms with Crippen LogP contribution in [0, 0.1) is 0 Å². The summed E-state index contributed by atoms with van der Waals surface area (Å²) in [7, 11) is -1.29. The first kappa shape index (κ1) is 23.5. The number of pyridine rings is 1. The molecule has 1 aliphatic rings. The molecule has 0 radical (unpaired) electrons. The Hall–Kier alpha value is -3.24. The summed E-state index contributed by atoms with van der Waals surface area (Å²) in [5.74, 6) is 1.55.